The molecule has 0 spiro atoms. The summed E-state index contributed by atoms with van der Waals surface area (Å²) in [5.74, 6) is 0.744. The van der Waals surface area contributed by atoms with Crippen molar-refractivity contribution in [2.45, 2.75) is 19.4 Å². The van der Waals surface area contributed by atoms with Crippen molar-refractivity contribution >= 4 is 17.6 Å². The minimum absolute atomic E-state index is 0.210. The number of furan rings is 1. The fourth-order valence-electron chi connectivity index (χ4n) is 2.89. The molecule has 2 aromatic heterocycles. The van der Waals surface area contributed by atoms with Gasteiger partial charge in [-0.05, 0) is 43.0 Å². The van der Waals surface area contributed by atoms with Gasteiger partial charge in [-0.25, -0.2) is 4.98 Å². The molecule has 3 rings (SSSR count). The molecule has 2 N–H and O–H groups in total. The van der Waals surface area contributed by atoms with E-state index in [-0.39, 0.29) is 6.54 Å². The Bertz CT molecular complexity index is 680. The highest BCUT2D eigenvalue weighted by molar-refractivity contribution is 6.35. The van der Waals surface area contributed by atoms with Crippen LogP contribution in [0.1, 0.15) is 18.6 Å². The molecule has 7 nitrogen and oxygen atoms in total. The van der Waals surface area contributed by atoms with Crippen LogP contribution in [0.25, 0.3) is 0 Å². The molecular formula is C18H22N4O3. The first-order valence-electron chi connectivity index (χ1n) is 8.47. The summed E-state index contributed by atoms with van der Waals surface area (Å²) in [4.78, 5) is 30.2. The van der Waals surface area contributed by atoms with E-state index in [0.29, 0.717) is 18.2 Å². The number of piperidine rings is 1. The van der Waals surface area contributed by atoms with Crippen molar-refractivity contribution in [1.82, 2.24) is 15.6 Å². The van der Waals surface area contributed by atoms with E-state index in [0.717, 1.165) is 31.7 Å². The molecule has 7 heteroatoms. The van der Waals surface area contributed by atoms with Crippen molar-refractivity contribution < 1.29 is 14.0 Å². The van der Waals surface area contributed by atoms with Crippen LogP contribution in [-0.4, -0.2) is 36.4 Å². The van der Waals surface area contributed by atoms with Crippen LogP contribution in [0, 0.1) is 5.92 Å². The molecule has 0 aromatic carbocycles. The van der Waals surface area contributed by atoms with Crippen LogP contribution < -0.4 is 15.5 Å². The Labute approximate surface area is 146 Å². The van der Waals surface area contributed by atoms with E-state index in [9.17, 15) is 9.59 Å². The summed E-state index contributed by atoms with van der Waals surface area (Å²) in [7, 11) is 0. The normalized spacial score (nSPS) is 15.0. The number of hydrogen-bond donors (Lipinski definition) is 2. The SMILES string of the molecule is O=C(NCc1ccco1)C(=O)NCC1CCN(c2ccccn2)CC1. The zero-order chi connectivity index (χ0) is 17.5. The summed E-state index contributed by atoms with van der Waals surface area (Å²) in [6.07, 6.45) is 5.25. The Morgan fingerprint density at radius 1 is 1.12 bits per heavy atom. The number of pyridine rings is 1. The van der Waals surface area contributed by atoms with E-state index >= 15 is 0 Å². The van der Waals surface area contributed by atoms with Crippen LogP contribution in [0.5, 0.6) is 0 Å². The third kappa shape index (κ3) is 4.82. The first-order chi connectivity index (χ1) is 12.2. The Hall–Kier alpha value is -2.83. The van der Waals surface area contributed by atoms with Crippen LogP contribution in [0.2, 0.25) is 0 Å². The number of hydrogen-bond acceptors (Lipinski definition) is 5. The standard InChI is InChI=1S/C18H22N4O3/c23-17(18(24)21-13-15-4-3-11-25-15)20-12-14-6-9-22(10-7-14)16-5-1-2-8-19-16/h1-5,8,11,14H,6-7,9-10,12-13H2,(H,20,23)(H,21,24). The quantitative estimate of drug-likeness (QED) is 0.800. The lowest BCUT2D eigenvalue weighted by Gasteiger charge is -2.32. The molecule has 1 fully saturated rings. The average Bonchev–Trinajstić information content (AvgIpc) is 3.19. The molecule has 1 aliphatic heterocycles. The van der Waals surface area contributed by atoms with Crippen molar-refractivity contribution in [1.29, 1.82) is 0 Å². The zero-order valence-electron chi connectivity index (χ0n) is 14.0. The predicted octanol–water partition coefficient (Wildman–Crippen LogP) is 1.32. The van der Waals surface area contributed by atoms with Gasteiger partial charge in [-0.1, -0.05) is 6.07 Å². The second-order valence-corrected chi connectivity index (χ2v) is 6.09. The Balaban J connectivity index is 1.36. The number of carbonyl (C=O) groups excluding carboxylic acids is 2. The highest BCUT2D eigenvalue weighted by atomic mass is 16.3. The monoisotopic (exact) mass is 342 g/mol. The number of nitrogens with one attached hydrogen (secondary N) is 2. The molecule has 25 heavy (non-hydrogen) atoms. The molecule has 2 amide bonds. The molecule has 2 aromatic rings. The van der Waals surface area contributed by atoms with Gasteiger partial charge in [0, 0.05) is 25.8 Å². The Morgan fingerprint density at radius 2 is 1.92 bits per heavy atom. The van der Waals surface area contributed by atoms with Crippen LogP contribution in [-0.2, 0) is 16.1 Å². The van der Waals surface area contributed by atoms with Crippen molar-refractivity contribution in [2.24, 2.45) is 5.92 Å². The fourth-order valence-corrected chi connectivity index (χ4v) is 2.89. The molecule has 3 heterocycles. The first-order valence-corrected chi connectivity index (χ1v) is 8.47. The van der Waals surface area contributed by atoms with Crippen LogP contribution in [0.4, 0.5) is 5.82 Å². The van der Waals surface area contributed by atoms with Gasteiger partial charge in [0.25, 0.3) is 0 Å². The summed E-state index contributed by atoms with van der Waals surface area (Å²) < 4.78 is 5.11. The van der Waals surface area contributed by atoms with Crippen LogP contribution >= 0.6 is 0 Å². The highest BCUT2D eigenvalue weighted by Crippen LogP contribution is 2.20. The van der Waals surface area contributed by atoms with Gasteiger partial charge in [-0.2, -0.15) is 0 Å². The lowest BCUT2D eigenvalue weighted by atomic mass is 9.97. The fraction of sp³-hybridized carbons (Fsp3) is 0.389. The number of aromatic nitrogens is 1. The van der Waals surface area contributed by atoms with E-state index in [4.69, 9.17) is 4.42 Å². The molecule has 1 saturated heterocycles. The second kappa shape index (κ2) is 8.32. The van der Waals surface area contributed by atoms with E-state index in [2.05, 4.69) is 20.5 Å². The largest absolute Gasteiger partial charge is 0.467 e. The Morgan fingerprint density at radius 3 is 2.60 bits per heavy atom. The van der Waals surface area contributed by atoms with Crippen LogP contribution in [0.3, 0.4) is 0 Å². The van der Waals surface area contributed by atoms with Gasteiger partial charge >= 0.3 is 11.8 Å². The average molecular weight is 342 g/mol. The van der Waals surface area contributed by atoms with Crippen molar-refractivity contribution in [3.05, 3.63) is 48.6 Å². The van der Waals surface area contributed by atoms with Gasteiger partial charge in [-0.15, -0.1) is 0 Å². The smallest absolute Gasteiger partial charge is 0.309 e. The zero-order valence-corrected chi connectivity index (χ0v) is 14.0. The van der Waals surface area contributed by atoms with Crippen LogP contribution in [0.15, 0.2) is 47.2 Å². The number of anilines is 1. The molecule has 0 bridgehead atoms. The minimum Gasteiger partial charge on any atom is -0.467 e. The van der Waals surface area contributed by atoms with E-state index in [1.54, 1.807) is 18.3 Å². The molecule has 0 saturated carbocycles. The summed E-state index contributed by atoms with van der Waals surface area (Å²) in [5.41, 5.74) is 0. The molecule has 132 valence electrons. The van der Waals surface area contributed by atoms with Gasteiger partial charge in [-0.3, -0.25) is 9.59 Å². The topological polar surface area (TPSA) is 87.5 Å². The molecule has 0 radical (unpaired) electrons. The van der Waals surface area contributed by atoms with Crippen molar-refractivity contribution in [3.63, 3.8) is 0 Å². The number of amides is 2. The highest BCUT2D eigenvalue weighted by Gasteiger charge is 2.21. The maximum absolute atomic E-state index is 11.9. The molecule has 0 unspecified atom stereocenters. The number of carbonyl (C=O) groups is 2. The van der Waals surface area contributed by atoms with Gasteiger partial charge in [0.05, 0.1) is 12.8 Å². The molecule has 0 atom stereocenters. The summed E-state index contributed by atoms with van der Waals surface area (Å²) in [5, 5.41) is 5.26. The van der Waals surface area contributed by atoms with Gasteiger partial charge in [0.1, 0.15) is 11.6 Å². The summed E-state index contributed by atoms with van der Waals surface area (Å²) in [6, 6.07) is 9.37. The summed E-state index contributed by atoms with van der Waals surface area (Å²) >= 11 is 0. The number of rotatable bonds is 5. The van der Waals surface area contributed by atoms with Gasteiger partial charge in [0.15, 0.2) is 0 Å². The minimum atomic E-state index is -0.637. The van der Waals surface area contributed by atoms with Gasteiger partial charge in [0.2, 0.25) is 0 Å². The third-order valence-electron chi connectivity index (χ3n) is 4.35. The van der Waals surface area contributed by atoms with E-state index in [1.807, 2.05) is 18.2 Å². The molecule has 0 aliphatic carbocycles. The Kier molecular flexibility index (Phi) is 5.66. The third-order valence-corrected chi connectivity index (χ3v) is 4.35. The van der Waals surface area contributed by atoms with E-state index < -0.39 is 11.8 Å². The second-order valence-electron chi connectivity index (χ2n) is 6.09. The molecule has 1 aliphatic rings. The van der Waals surface area contributed by atoms with Crippen molar-refractivity contribution in [2.75, 3.05) is 24.5 Å². The molecular weight excluding hydrogens is 320 g/mol. The first kappa shape index (κ1) is 17.0. The number of nitrogens with zero attached hydrogens (tertiary/aromatic N) is 2. The maximum atomic E-state index is 11.9. The van der Waals surface area contributed by atoms with Crippen molar-refractivity contribution in [3.8, 4) is 0 Å². The maximum Gasteiger partial charge on any atom is 0.309 e. The lowest BCUT2D eigenvalue weighted by molar-refractivity contribution is -0.139. The summed E-state index contributed by atoms with van der Waals surface area (Å²) in [6.45, 7) is 2.54. The predicted molar refractivity (Wildman–Crippen MR) is 92.7 cm³/mol. The lowest BCUT2D eigenvalue weighted by Crippen LogP contribution is -2.43. The van der Waals surface area contributed by atoms with Gasteiger partial charge < -0.3 is 20.0 Å². The van der Waals surface area contributed by atoms with E-state index in [1.165, 1.54) is 6.26 Å².